The molecule has 0 amide bonds. The zero-order valence-electron chi connectivity index (χ0n) is 12.1. The molecule has 4 nitrogen and oxygen atoms in total. The number of nitrogens with two attached hydrogens (primary N) is 1. The molecule has 0 bridgehead atoms. The third-order valence-electron chi connectivity index (χ3n) is 3.31. The van der Waals surface area contributed by atoms with Crippen LogP contribution in [0.25, 0.3) is 0 Å². The molecule has 0 radical (unpaired) electrons. The number of anilines is 1. The lowest BCUT2D eigenvalue weighted by molar-refractivity contribution is 0.642. The molecular formula is C15H22N4S. The average Bonchev–Trinajstić information content (AvgIpc) is 2.98. The first kappa shape index (κ1) is 14.9. The lowest BCUT2D eigenvalue weighted by Crippen LogP contribution is -2.24. The number of thiophene rings is 1. The van der Waals surface area contributed by atoms with Crippen molar-refractivity contribution >= 4 is 17.3 Å². The van der Waals surface area contributed by atoms with Gasteiger partial charge in [0.1, 0.15) is 0 Å². The van der Waals surface area contributed by atoms with Gasteiger partial charge in [-0.05, 0) is 36.8 Å². The van der Waals surface area contributed by atoms with Crippen LogP contribution < -0.4 is 10.6 Å². The maximum Gasteiger partial charge on any atom is 0.225 e. The summed E-state index contributed by atoms with van der Waals surface area (Å²) >= 11 is 1.76. The van der Waals surface area contributed by atoms with Crippen LogP contribution in [0.1, 0.15) is 30.7 Å². The number of rotatable bonds is 7. The largest absolute Gasteiger partial charge is 0.336 e. The van der Waals surface area contributed by atoms with Crippen molar-refractivity contribution in [3.63, 3.8) is 0 Å². The normalized spacial score (nSPS) is 12.3. The predicted octanol–water partition coefficient (Wildman–Crippen LogP) is 2.84. The van der Waals surface area contributed by atoms with Crippen LogP contribution in [0.2, 0.25) is 0 Å². The Kier molecular flexibility index (Phi) is 5.49. The van der Waals surface area contributed by atoms with Gasteiger partial charge in [-0.3, -0.25) is 0 Å². The molecule has 2 heterocycles. The topological polar surface area (TPSA) is 55.0 Å². The fraction of sp³-hybridized carbons (Fsp3) is 0.467. The molecule has 0 spiro atoms. The summed E-state index contributed by atoms with van der Waals surface area (Å²) in [5, 5.41) is 2.10. The van der Waals surface area contributed by atoms with Gasteiger partial charge in [0.2, 0.25) is 5.95 Å². The molecule has 0 saturated carbocycles. The van der Waals surface area contributed by atoms with Crippen LogP contribution in [0.5, 0.6) is 0 Å². The molecule has 20 heavy (non-hydrogen) atoms. The van der Waals surface area contributed by atoms with Crippen LogP contribution in [0.4, 0.5) is 5.95 Å². The summed E-state index contributed by atoms with van der Waals surface area (Å²) in [6.45, 7) is 5.98. The molecule has 2 aromatic rings. The molecular weight excluding hydrogens is 268 g/mol. The Labute approximate surface area is 124 Å². The SMILES string of the molecule is CCC(N)Cc1cnc(N(CC)Cc2cccs2)nc1. The van der Waals surface area contributed by atoms with Crippen LogP contribution >= 0.6 is 11.3 Å². The summed E-state index contributed by atoms with van der Waals surface area (Å²) in [6, 6.07) is 4.41. The molecule has 1 atom stereocenters. The molecule has 0 fully saturated rings. The fourth-order valence-corrected chi connectivity index (χ4v) is 2.70. The minimum atomic E-state index is 0.192. The van der Waals surface area contributed by atoms with Crippen molar-refractivity contribution < 1.29 is 0 Å². The van der Waals surface area contributed by atoms with Crippen LogP contribution in [0, 0.1) is 0 Å². The molecule has 5 heteroatoms. The van der Waals surface area contributed by atoms with Crippen LogP contribution in [-0.2, 0) is 13.0 Å². The summed E-state index contributed by atoms with van der Waals surface area (Å²) in [5.41, 5.74) is 7.06. The highest BCUT2D eigenvalue weighted by molar-refractivity contribution is 7.09. The average molecular weight is 290 g/mol. The van der Waals surface area contributed by atoms with Gasteiger partial charge < -0.3 is 10.6 Å². The molecule has 0 aliphatic rings. The van der Waals surface area contributed by atoms with Crippen molar-refractivity contribution in [2.45, 2.75) is 39.3 Å². The van der Waals surface area contributed by atoms with Crippen molar-refractivity contribution in [3.05, 3.63) is 40.3 Å². The summed E-state index contributed by atoms with van der Waals surface area (Å²) < 4.78 is 0. The van der Waals surface area contributed by atoms with Crippen LogP contribution in [0.15, 0.2) is 29.9 Å². The van der Waals surface area contributed by atoms with Gasteiger partial charge in [0.05, 0.1) is 6.54 Å². The molecule has 0 aliphatic heterocycles. The second-order valence-corrected chi connectivity index (χ2v) is 5.89. The summed E-state index contributed by atoms with van der Waals surface area (Å²) in [5.74, 6) is 0.787. The Morgan fingerprint density at radius 3 is 2.60 bits per heavy atom. The van der Waals surface area contributed by atoms with Gasteiger partial charge in [0.25, 0.3) is 0 Å². The zero-order chi connectivity index (χ0) is 14.4. The first-order chi connectivity index (χ1) is 9.72. The van der Waals surface area contributed by atoms with Crippen molar-refractivity contribution in [1.82, 2.24) is 9.97 Å². The molecule has 108 valence electrons. The number of hydrogen-bond donors (Lipinski definition) is 1. The summed E-state index contributed by atoms with van der Waals surface area (Å²) in [6.07, 6.45) is 5.61. The van der Waals surface area contributed by atoms with E-state index >= 15 is 0 Å². The fourth-order valence-electron chi connectivity index (χ4n) is 1.98. The molecule has 0 saturated heterocycles. The molecule has 0 aliphatic carbocycles. The van der Waals surface area contributed by atoms with Gasteiger partial charge in [0, 0.05) is 29.9 Å². The predicted molar refractivity (Wildman–Crippen MR) is 85.0 cm³/mol. The van der Waals surface area contributed by atoms with Gasteiger partial charge in [-0.15, -0.1) is 11.3 Å². The van der Waals surface area contributed by atoms with E-state index in [1.807, 2.05) is 12.4 Å². The molecule has 2 N–H and O–H groups in total. The van der Waals surface area contributed by atoms with Gasteiger partial charge in [-0.2, -0.15) is 0 Å². The van der Waals surface area contributed by atoms with E-state index in [0.29, 0.717) is 0 Å². The Morgan fingerprint density at radius 1 is 1.30 bits per heavy atom. The van der Waals surface area contributed by atoms with E-state index in [9.17, 15) is 0 Å². The van der Waals surface area contributed by atoms with Gasteiger partial charge in [-0.1, -0.05) is 13.0 Å². The first-order valence-electron chi connectivity index (χ1n) is 7.06. The number of hydrogen-bond acceptors (Lipinski definition) is 5. The van der Waals surface area contributed by atoms with Crippen molar-refractivity contribution in [3.8, 4) is 0 Å². The molecule has 0 aromatic carbocycles. The summed E-state index contributed by atoms with van der Waals surface area (Å²) in [4.78, 5) is 12.5. The van der Waals surface area contributed by atoms with Crippen LogP contribution in [-0.4, -0.2) is 22.6 Å². The summed E-state index contributed by atoms with van der Waals surface area (Å²) in [7, 11) is 0. The third kappa shape index (κ3) is 4.02. The Hall–Kier alpha value is -1.46. The van der Waals surface area contributed by atoms with Crippen LogP contribution in [0.3, 0.4) is 0 Å². The highest BCUT2D eigenvalue weighted by Gasteiger charge is 2.09. The van der Waals surface area contributed by atoms with Gasteiger partial charge in [-0.25, -0.2) is 9.97 Å². The zero-order valence-corrected chi connectivity index (χ0v) is 12.9. The van der Waals surface area contributed by atoms with E-state index < -0.39 is 0 Å². The highest BCUT2D eigenvalue weighted by atomic mass is 32.1. The second kappa shape index (κ2) is 7.36. The van der Waals surface area contributed by atoms with Crippen molar-refractivity contribution in [1.29, 1.82) is 0 Å². The van der Waals surface area contributed by atoms with Crippen molar-refractivity contribution in [2.24, 2.45) is 5.73 Å². The lowest BCUT2D eigenvalue weighted by Gasteiger charge is -2.20. The first-order valence-corrected chi connectivity index (χ1v) is 7.94. The Morgan fingerprint density at radius 2 is 2.05 bits per heavy atom. The maximum atomic E-state index is 5.95. The number of aromatic nitrogens is 2. The molecule has 2 rings (SSSR count). The third-order valence-corrected chi connectivity index (χ3v) is 4.17. The monoisotopic (exact) mass is 290 g/mol. The van der Waals surface area contributed by atoms with E-state index in [1.54, 1.807) is 11.3 Å². The van der Waals surface area contributed by atoms with E-state index in [0.717, 1.165) is 37.4 Å². The highest BCUT2D eigenvalue weighted by Crippen LogP contribution is 2.16. The Bertz CT molecular complexity index is 495. The van der Waals surface area contributed by atoms with Gasteiger partial charge in [0.15, 0.2) is 0 Å². The van der Waals surface area contributed by atoms with Gasteiger partial charge >= 0.3 is 0 Å². The van der Waals surface area contributed by atoms with E-state index in [-0.39, 0.29) is 6.04 Å². The Balaban J connectivity index is 2.03. The number of nitrogens with zero attached hydrogens (tertiary/aromatic N) is 3. The molecule has 2 aromatic heterocycles. The quantitative estimate of drug-likeness (QED) is 0.852. The molecule has 1 unspecified atom stereocenters. The standard InChI is InChI=1S/C15H22N4S/c1-3-13(16)8-12-9-17-15(18-10-12)19(4-2)11-14-6-5-7-20-14/h5-7,9-10,13H,3-4,8,11,16H2,1-2H3. The minimum Gasteiger partial charge on any atom is -0.336 e. The lowest BCUT2D eigenvalue weighted by atomic mass is 10.1. The minimum absolute atomic E-state index is 0.192. The van der Waals surface area contributed by atoms with E-state index in [4.69, 9.17) is 5.73 Å². The maximum absolute atomic E-state index is 5.95. The second-order valence-electron chi connectivity index (χ2n) is 4.86. The smallest absolute Gasteiger partial charge is 0.225 e. The van der Waals surface area contributed by atoms with E-state index in [2.05, 4.69) is 46.2 Å². The van der Waals surface area contributed by atoms with E-state index in [1.165, 1.54) is 4.88 Å². The van der Waals surface area contributed by atoms with Crippen molar-refractivity contribution in [2.75, 3.05) is 11.4 Å².